The van der Waals surface area contributed by atoms with E-state index in [4.69, 9.17) is 4.74 Å². The van der Waals surface area contributed by atoms with E-state index in [-0.39, 0.29) is 11.3 Å². The number of likely N-dealkylation sites (tertiary alicyclic amines) is 1. The van der Waals surface area contributed by atoms with Crippen molar-refractivity contribution in [1.82, 2.24) is 15.1 Å². The summed E-state index contributed by atoms with van der Waals surface area (Å²) >= 11 is 0. The zero-order valence-electron chi connectivity index (χ0n) is 12.5. The Kier molecular flexibility index (Phi) is 3.01. The minimum absolute atomic E-state index is 0.0412. The van der Waals surface area contributed by atoms with Crippen LogP contribution in [0.3, 0.4) is 0 Å². The van der Waals surface area contributed by atoms with E-state index in [1.54, 1.807) is 6.07 Å². The van der Waals surface area contributed by atoms with Crippen LogP contribution in [-0.4, -0.2) is 55.2 Å². The molecule has 22 heavy (non-hydrogen) atoms. The third-order valence-corrected chi connectivity index (χ3v) is 4.39. The molecule has 2 fully saturated rings. The molecule has 1 spiro atoms. The van der Waals surface area contributed by atoms with Crippen LogP contribution in [0.2, 0.25) is 0 Å². The number of aromatic nitrogens is 2. The van der Waals surface area contributed by atoms with E-state index in [1.807, 2.05) is 43.1 Å². The molecular formula is C16H16BN3O2. The number of carbonyl (C=O) groups is 1. The molecule has 0 unspecified atom stereocenters. The summed E-state index contributed by atoms with van der Waals surface area (Å²) in [7, 11) is 2.05. The number of benzene rings is 1. The molecule has 0 saturated carbocycles. The Morgan fingerprint density at radius 1 is 1.09 bits per heavy atom. The second-order valence-corrected chi connectivity index (χ2v) is 6.32. The Balaban J connectivity index is 1.47. The lowest BCUT2D eigenvalue weighted by molar-refractivity contribution is -0.176. The minimum Gasteiger partial charge on any atom is -0.380 e. The summed E-state index contributed by atoms with van der Waals surface area (Å²) < 4.78 is 5.22. The number of nitrogens with zero attached hydrogens (tertiary/aromatic N) is 3. The van der Waals surface area contributed by atoms with Crippen molar-refractivity contribution in [2.24, 2.45) is 5.41 Å². The van der Waals surface area contributed by atoms with Crippen LogP contribution < -0.4 is 5.46 Å². The van der Waals surface area contributed by atoms with Gasteiger partial charge in [0.2, 0.25) is 0 Å². The molecule has 2 saturated heterocycles. The molecule has 2 aromatic rings. The Bertz CT molecular complexity index is 703. The van der Waals surface area contributed by atoms with Gasteiger partial charge in [0.25, 0.3) is 5.91 Å². The molecule has 4 rings (SSSR count). The smallest absolute Gasteiger partial charge is 0.274 e. The van der Waals surface area contributed by atoms with Crippen molar-refractivity contribution in [2.45, 2.75) is 0 Å². The number of carbonyl (C=O) groups excluding carboxylic acids is 1. The van der Waals surface area contributed by atoms with Crippen molar-refractivity contribution in [3.05, 3.63) is 42.1 Å². The first-order chi connectivity index (χ1) is 10.7. The normalized spacial score (nSPS) is 18.6. The van der Waals surface area contributed by atoms with Crippen LogP contribution in [0.25, 0.3) is 11.3 Å². The van der Waals surface area contributed by atoms with Crippen LogP contribution >= 0.6 is 0 Å². The van der Waals surface area contributed by atoms with Gasteiger partial charge in [-0.25, -0.2) is 0 Å². The number of ether oxygens (including phenoxy) is 1. The predicted octanol–water partition coefficient (Wildman–Crippen LogP) is -0.126. The molecule has 2 aliphatic rings. The Morgan fingerprint density at radius 3 is 2.36 bits per heavy atom. The van der Waals surface area contributed by atoms with Gasteiger partial charge in [0.1, 0.15) is 7.85 Å². The van der Waals surface area contributed by atoms with Crippen molar-refractivity contribution in [2.75, 3.05) is 26.3 Å². The van der Waals surface area contributed by atoms with Gasteiger partial charge >= 0.3 is 0 Å². The first-order valence-electron chi connectivity index (χ1n) is 7.43. The second kappa shape index (κ2) is 4.92. The van der Waals surface area contributed by atoms with Gasteiger partial charge in [-0.1, -0.05) is 29.7 Å². The lowest BCUT2D eigenvalue weighted by Crippen LogP contribution is -2.67. The van der Waals surface area contributed by atoms with E-state index < -0.39 is 0 Å². The molecule has 5 nitrogen and oxygen atoms in total. The van der Waals surface area contributed by atoms with E-state index in [2.05, 4.69) is 10.2 Å². The van der Waals surface area contributed by atoms with E-state index in [9.17, 15) is 4.79 Å². The highest BCUT2D eigenvalue weighted by Crippen LogP contribution is 2.37. The lowest BCUT2D eigenvalue weighted by atomic mass is 9.78. The predicted molar refractivity (Wildman–Crippen MR) is 84.8 cm³/mol. The fourth-order valence-electron chi connectivity index (χ4n) is 2.97. The first-order valence-corrected chi connectivity index (χ1v) is 7.43. The summed E-state index contributed by atoms with van der Waals surface area (Å²) in [4.78, 5) is 14.1. The van der Waals surface area contributed by atoms with Crippen LogP contribution in [-0.2, 0) is 4.74 Å². The molecule has 0 radical (unpaired) electrons. The third-order valence-electron chi connectivity index (χ3n) is 4.39. The zero-order chi connectivity index (χ0) is 15.2. The summed E-state index contributed by atoms with van der Waals surface area (Å²) in [6.45, 7) is 3.09. The number of hydrogen-bond donors (Lipinski definition) is 0. The standard InChI is InChI=1S/C16H16BN3O2/c17-12-3-1-11(2-4-12)13-5-6-14(19-18-13)15(21)20-7-16(8-20)9-22-10-16/h1-6H,7-10,17H2. The lowest BCUT2D eigenvalue weighted by Gasteiger charge is -2.54. The average Bonchev–Trinajstić information content (AvgIpc) is 2.45. The molecule has 2 aliphatic heterocycles. The van der Waals surface area contributed by atoms with E-state index >= 15 is 0 Å². The van der Waals surface area contributed by atoms with Crippen LogP contribution in [0.15, 0.2) is 36.4 Å². The van der Waals surface area contributed by atoms with Crippen LogP contribution in [0.4, 0.5) is 0 Å². The topological polar surface area (TPSA) is 55.3 Å². The summed E-state index contributed by atoms with van der Waals surface area (Å²) in [6.07, 6.45) is 0. The Hall–Kier alpha value is -2.21. The summed E-state index contributed by atoms with van der Waals surface area (Å²) in [6, 6.07) is 11.7. The highest BCUT2D eigenvalue weighted by atomic mass is 16.5. The fourth-order valence-corrected chi connectivity index (χ4v) is 2.97. The van der Waals surface area contributed by atoms with Gasteiger partial charge in [-0.3, -0.25) is 4.79 Å². The van der Waals surface area contributed by atoms with Crippen LogP contribution in [0.5, 0.6) is 0 Å². The zero-order valence-corrected chi connectivity index (χ0v) is 12.5. The largest absolute Gasteiger partial charge is 0.380 e. The quantitative estimate of drug-likeness (QED) is 0.724. The molecule has 0 bridgehead atoms. The van der Waals surface area contributed by atoms with Gasteiger partial charge in [-0.15, -0.1) is 10.2 Å². The van der Waals surface area contributed by atoms with Gasteiger partial charge in [-0.2, -0.15) is 0 Å². The van der Waals surface area contributed by atoms with Gasteiger partial charge in [0.15, 0.2) is 5.69 Å². The van der Waals surface area contributed by atoms with Crippen molar-refractivity contribution >= 4 is 19.2 Å². The monoisotopic (exact) mass is 293 g/mol. The van der Waals surface area contributed by atoms with Crippen molar-refractivity contribution in [1.29, 1.82) is 0 Å². The maximum atomic E-state index is 12.3. The first kappa shape index (κ1) is 13.5. The van der Waals surface area contributed by atoms with Gasteiger partial charge < -0.3 is 9.64 Å². The highest BCUT2D eigenvalue weighted by Gasteiger charge is 2.50. The fraction of sp³-hybridized carbons (Fsp3) is 0.312. The second-order valence-electron chi connectivity index (χ2n) is 6.32. The maximum Gasteiger partial charge on any atom is 0.274 e. The van der Waals surface area contributed by atoms with E-state index in [0.29, 0.717) is 5.69 Å². The molecule has 1 aromatic heterocycles. The Morgan fingerprint density at radius 2 is 1.82 bits per heavy atom. The molecule has 0 aliphatic carbocycles. The molecule has 6 heteroatoms. The Labute approximate surface area is 129 Å². The molecule has 1 aromatic carbocycles. The number of amides is 1. The van der Waals surface area contributed by atoms with Crippen molar-refractivity contribution < 1.29 is 9.53 Å². The third kappa shape index (κ3) is 2.20. The van der Waals surface area contributed by atoms with Crippen molar-refractivity contribution in [3.8, 4) is 11.3 Å². The molecule has 0 N–H and O–H groups in total. The van der Waals surface area contributed by atoms with Gasteiger partial charge in [0, 0.05) is 18.7 Å². The van der Waals surface area contributed by atoms with Crippen molar-refractivity contribution in [3.63, 3.8) is 0 Å². The minimum atomic E-state index is -0.0412. The van der Waals surface area contributed by atoms with Gasteiger partial charge in [-0.05, 0) is 12.1 Å². The molecule has 3 heterocycles. The average molecular weight is 293 g/mol. The molecule has 110 valence electrons. The van der Waals surface area contributed by atoms with Crippen LogP contribution in [0.1, 0.15) is 10.5 Å². The SMILES string of the molecule is Bc1ccc(-c2ccc(C(=O)N3CC4(COC4)C3)nn2)cc1. The summed E-state index contributed by atoms with van der Waals surface area (Å²) in [5, 5.41) is 8.29. The van der Waals surface area contributed by atoms with E-state index in [1.165, 1.54) is 5.46 Å². The summed E-state index contributed by atoms with van der Waals surface area (Å²) in [5.41, 5.74) is 3.63. The number of rotatable bonds is 2. The van der Waals surface area contributed by atoms with Gasteiger partial charge in [0.05, 0.1) is 24.3 Å². The molecule has 0 atom stereocenters. The number of hydrogen-bond acceptors (Lipinski definition) is 4. The summed E-state index contributed by atoms with van der Waals surface area (Å²) in [5.74, 6) is -0.0412. The highest BCUT2D eigenvalue weighted by molar-refractivity contribution is 6.32. The van der Waals surface area contributed by atoms with Crippen LogP contribution in [0, 0.1) is 5.41 Å². The molecule has 1 amide bonds. The maximum absolute atomic E-state index is 12.3. The van der Waals surface area contributed by atoms with E-state index in [0.717, 1.165) is 37.6 Å². The molecular weight excluding hydrogens is 277 g/mol.